The van der Waals surface area contributed by atoms with E-state index < -0.39 is 0 Å². The van der Waals surface area contributed by atoms with E-state index in [9.17, 15) is 9.18 Å². The Morgan fingerprint density at radius 3 is 2.41 bits per heavy atom. The summed E-state index contributed by atoms with van der Waals surface area (Å²) in [6.07, 6.45) is 2.46. The molecule has 0 radical (unpaired) electrons. The van der Waals surface area contributed by atoms with Gasteiger partial charge in [-0.2, -0.15) is 0 Å². The molecule has 5 heteroatoms. The van der Waals surface area contributed by atoms with Gasteiger partial charge in [0.1, 0.15) is 5.82 Å². The molecule has 0 bridgehead atoms. The van der Waals surface area contributed by atoms with Gasteiger partial charge in [-0.15, -0.1) is 0 Å². The second-order valence-corrected chi connectivity index (χ2v) is 9.18. The van der Waals surface area contributed by atoms with Gasteiger partial charge in [-0.05, 0) is 55.9 Å². The van der Waals surface area contributed by atoms with Crippen LogP contribution in [0.15, 0.2) is 79.0 Å². The molecule has 1 atom stereocenters. The van der Waals surface area contributed by atoms with Crippen molar-refractivity contribution in [2.45, 2.75) is 25.8 Å². The van der Waals surface area contributed by atoms with Crippen LogP contribution in [-0.2, 0) is 11.3 Å². The molecule has 0 aliphatic rings. The van der Waals surface area contributed by atoms with E-state index >= 15 is 0 Å². The maximum Gasteiger partial charge on any atom is 0.220 e. The van der Waals surface area contributed by atoms with Gasteiger partial charge in [0.15, 0.2) is 0 Å². The molecule has 1 aromatic heterocycles. The minimum atomic E-state index is -0.278. The van der Waals surface area contributed by atoms with Crippen molar-refractivity contribution in [1.82, 2.24) is 14.8 Å². The summed E-state index contributed by atoms with van der Waals surface area (Å²) >= 11 is 0. The van der Waals surface area contributed by atoms with Crippen molar-refractivity contribution in [2.24, 2.45) is 0 Å². The molecule has 34 heavy (non-hydrogen) atoms. The van der Waals surface area contributed by atoms with Crippen LogP contribution in [0.5, 0.6) is 0 Å². The lowest BCUT2D eigenvalue weighted by Crippen LogP contribution is -2.32. The molecule has 4 nitrogen and oxygen atoms in total. The number of carbonyl (C=O) groups is 1. The van der Waals surface area contributed by atoms with E-state index in [-0.39, 0.29) is 17.6 Å². The number of rotatable bonds is 9. The highest BCUT2D eigenvalue weighted by Crippen LogP contribution is 2.35. The first-order valence-electron chi connectivity index (χ1n) is 11.7. The van der Waals surface area contributed by atoms with Crippen LogP contribution in [0.3, 0.4) is 0 Å². The summed E-state index contributed by atoms with van der Waals surface area (Å²) in [5.41, 5.74) is 5.59. The van der Waals surface area contributed by atoms with Gasteiger partial charge in [0.05, 0.1) is 0 Å². The van der Waals surface area contributed by atoms with E-state index in [1.165, 1.54) is 23.3 Å². The molecular formula is C29H32FN3O. The van der Waals surface area contributed by atoms with Gasteiger partial charge in [-0.25, -0.2) is 4.39 Å². The maximum atomic E-state index is 13.7. The molecule has 0 saturated carbocycles. The van der Waals surface area contributed by atoms with Crippen molar-refractivity contribution in [3.63, 3.8) is 0 Å². The molecule has 0 spiro atoms. The van der Waals surface area contributed by atoms with Gasteiger partial charge in [-0.1, -0.05) is 60.2 Å². The van der Waals surface area contributed by atoms with Crippen molar-refractivity contribution in [3.05, 3.63) is 107 Å². The number of benzene rings is 3. The molecule has 1 N–H and O–H groups in total. The highest BCUT2D eigenvalue weighted by molar-refractivity contribution is 5.86. The van der Waals surface area contributed by atoms with Crippen molar-refractivity contribution >= 4 is 16.8 Å². The standard InChI is InChI=1S/C29H32FN3O/c1-21-8-10-22(11-9-21)19-33-20-27(25-6-4-5-7-28(25)33)26(23-12-14-24(30)15-13-23)18-29(34)31-16-17-32(2)3/h4-15,20,26H,16-19H2,1-3H3,(H,31,34). The zero-order valence-electron chi connectivity index (χ0n) is 20.1. The summed E-state index contributed by atoms with van der Waals surface area (Å²) in [5, 5.41) is 4.15. The lowest BCUT2D eigenvalue weighted by molar-refractivity contribution is -0.121. The Labute approximate surface area is 201 Å². The predicted octanol–water partition coefficient (Wildman–Crippen LogP) is 5.34. The minimum Gasteiger partial charge on any atom is -0.355 e. The Balaban J connectivity index is 1.70. The van der Waals surface area contributed by atoms with E-state index in [1.54, 1.807) is 12.1 Å². The Morgan fingerprint density at radius 2 is 1.71 bits per heavy atom. The van der Waals surface area contributed by atoms with Gasteiger partial charge in [0, 0.05) is 49.1 Å². The third-order valence-electron chi connectivity index (χ3n) is 6.21. The third kappa shape index (κ3) is 5.72. The first kappa shape index (κ1) is 23.7. The highest BCUT2D eigenvalue weighted by atomic mass is 19.1. The van der Waals surface area contributed by atoms with E-state index in [2.05, 4.69) is 59.4 Å². The maximum absolute atomic E-state index is 13.7. The molecule has 0 saturated heterocycles. The number of fused-ring (bicyclic) bond motifs is 1. The molecule has 4 aromatic rings. The number of para-hydroxylation sites is 1. The predicted molar refractivity (Wildman–Crippen MR) is 137 cm³/mol. The second kappa shape index (κ2) is 10.7. The lowest BCUT2D eigenvalue weighted by atomic mass is 9.88. The number of carbonyl (C=O) groups excluding carboxylic acids is 1. The quantitative estimate of drug-likeness (QED) is 0.369. The number of nitrogens with one attached hydrogen (secondary N) is 1. The Hall–Kier alpha value is -3.44. The Kier molecular flexibility index (Phi) is 7.43. The van der Waals surface area contributed by atoms with E-state index in [4.69, 9.17) is 0 Å². The van der Waals surface area contributed by atoms with Crippen LogP contribution >= 0.6 is 0 Å². The van der Waals surface area contributed by atoms with Crippen LogP contribution in [0.1, 0.15) is 34.6 Å². The molecule has 0 aliphatic carbocycles. The second-order valence-electron chi connectivity index (χ2n) is 9.18. The van der Waals surface area contributed by atoms with Crippen molar-refractivity contribution in [3.8, 4) is 0 Å². The number of aryl methyl sites for hydroxylation is 1. The Morgan fingerprint density at radius 1 is 1.00 bits per heavy atom. The zero-order valence-corrected chi connectivity index (χ0v) is 20.1. The van der Waals surface area contributed by atoms with Crippen LogP contribution in [-0.4, -0.2) is 42.6 Å². The molecule has 0 fully saturated rings. The van der Waals surface area contributed by atoms with Crippen LogP contribution in [0, 0.1) is 12.7 Å². The summed E-state index contributed by atoms with van der Waals surface area (Å²) in [4.78, 5) is 14.9. The van der Waals surface area contributed by atoms with E-state index in [0.717, 1.165) is 35.1 Å². The van der Waals surface area contributed by atoms with Crippen LogP contribution < -0.4 is 5.32 Å². The number of amides is 1. The number of aromatic nitrogens is 1. The normalized spacial score (nSPS) is 12.3. The van der Waals surface area contributed by atoms with Gasteiger partial charge >= 0.3 is 0 Å². The molecule has 1 heterocycles. The van der Waals surface area contributed by atoms with Crippen molar-refractivity contribution in [1.29, 1.82) is 0 Å². The van der Waals surface area contributed by atoms with Gasteiger partial charge in [0.2, 0.25) is 5.91 Å². The largest absolute Gasteiger partial charge is 0.355 e. The number of hydrogen-bond donors (Lipinski definition) is 1. The molecular weight excluding hydrogens is 425 g/mol. The van der Waals surface area contributed by atoms with Gasteiger partial charge in [-0.3, -0.25) is 4.79 Å². The number of likely N-dealkylation sites (N-methyl/N-ethyl adjacent to an activating group) is 1. The van der Waals surface area contributed by atoms with Crippen molar-refractivity contribution < 1.29 is 9.18 Å². The zero-order chi connectivity index (χ0) is 24.1. The van der Waals surface area contributed by atoms with Crippen LogP contribution in [0.4, 0.5) is 4.39 Å². The topological polar surface area (TPSA) is 37.3 Å². The third-order valence-corrected chi connectivity index (χ3v) is 6.21. The first-order chi connectivity index (χ1) is 16.4. The average molecular weight is 458 g/mol. The van der Waals surface area contributed by atoms with E-state index in [0.29, 0.717) is 13.0 Å². The number of halogens is 1. The summed E-state index contributed by atoms with van der Waals surface area (Å²) in [5.74, 6) is -0.463. The summed E-state index contributed by atoms with van der Waals surface area (Å²) < 4.78 is 15.9. The SMILES string of the molecule is Cc1ccc(Cn2cc(C(CC(=O)NCCN(C)C)c3ccc(F)cc3)c3ccccc32)cc1. The number of nitrogens with zero attached hydrogens (tertiary/aromatic N) is 2. The fourth-order valence-electron chi connectivity index (χ4n) is 4.35. The van der Waals surface area contributed by atoms with Crippen molar-refractivity contribution in [2.75, 3.05) is 27.2 Å². The summed E-state index contributed by atoms with van der Waals surface area (Å²) in [6.45, 7) is 4.20. The molecule has 4 rings (SSSR count). The lowest BCUT2D eigenvalue weighted by Gasteiger charge is -2.18. The van der Waals surface area contributed by atoms with Gasteiger partial charge in [0.25, 0.3) is 0 Å². The smallest absolute Gasteiger partial charge is 0.220 e. The Bertz CT molecular complexity index is 1240. The average Bonchev–Trinajstić information content (AvgIpc) is 3.17. The molecule has 0 aliphatic heterocycles. The number of hydrogen-bond acceptors (Lipinski definition) is 2. The minimum absolute atomic E-state index is 0.00783. The van der Waals surface area contributed by atoms with Crippen LogP contribution in [0.2, 0.25) is 0 Å². The molecule has 1 amide bonds. The molecule has 1 unspecified atom stereocenters. The van der Waals surface area contributed by atoms with E-state index in [1.807, 2.05) is 31.1 Å². The highest BCUT2D eigenvalue weighted by Gasteiger charge is 2.23. The fraction of sp³-hybridized carbons (Fsp3) is 0.276. The summed E-state index contributed by atoms with van der Waals surface area (Å²) in [7, 11) is 3.97. The summed E-state index contributed by atoms with van der Waals surface area (Å²) in [6, 6.07) is 23.4. The molecule has 176 valence electrons. The molecule has 3 aromatic carbocycles. The van der Waals surface area contributed by atoms with Crippen LogP contribution in [0.25, 0.3) is 10.9 Å². The van der Waals surface area contributed by atoms with Gasteiger partial charge < -0.3 is 14.8 Å². The first-order valence-corrected chi connectivity index (χ1v) is 11.7. The monoisotopic (exact) mass is 457 g/mol. The fourth-order valence-corrected chi connectivity index (χ4v) is 4.35.